The van der Waals surface area contributed by atoms with Crippen LogP contribution in [0.5, 0.6) is 0 Å². The quantitative estimate of drug-likeness (QED) is 0.378. The van der Waals surface area contributed by atoms with Crippen LogP contribution in [0.1, 0.15) is 18.4 Å². The molecule has 4 N–H and O–H groups in total. The average Bonchev–Trinajstić information content (AvgIpc) is 2.84. The third-order valence-electron chi connectivity index (χ3n) is 5.34. The number of halogens is 2. The molecule has 0 aliphatic rings. The number of rotatable bonds is 9. The molecule has 10 heteroatoms. The molecule has 0 radical (unpaired) electrons. The highest BCUT2D eigenvalue weighted by atomic mass is 35.5. The third-order valence-corrected chi connectivity index (χ3v) is 6.20. The fourth-order valence-electron chi connectivity index (χ4n) is 3.35. The fourth-order valence-corrected chi connectivity index (χ4v) is 3.74. The number of nitrogens with one attached hydrogen (secondary N) is 2. The zero-order valence-electron chi connectivity index (χ0n) is 18.8. The van der Waals surface area contributed by atoms with Crippen molar-refractivity contribution in [3.63, 3.8) is 0 Å². The van der Waals surface area contributed by atoms with E-state index in [9.17, 15) is 9.59 Å². The van der Waals surface area contributed by atoms with Crippen LogP contribution in [0.2, 0.25) is 10.0 Å². The lowest BCUT2D eigenvalue weighted by Gasteiger charge is -2.28. The van der Waals surface area contributed by atoms with Gasteiger partial charge in [0, 0.05) is 25.2 Å². The number of nitrogens with zero attached hydrogens (tertiary/aromatic N) is 2. The van der Waals surface area contributed by atoms with E-state index in [0.29, 0.717) is 40.8 Å². The Morgan fingerprint density at radius 1 is 1.15 bits per heavy atom. The molecule has 0 aliphatic heterocycles. The van der Waals surface area contributed by atoms with E-state index in [2.05, 4.69) is 15.6 Å². The zero-order chi connectivity index (χ0) is 24.5. The number of amides is 3. The molecule has 0 fully saturated rings. The molecule has 3 rings (SSSR count). The van der Waals surface area contributed by atoms with Crippen LogP contribution >= 0.6 is 23.2 Å². The lowest BCUT2D eigenvalue weighted by molar-refractivity contribution is 0.113. The molecule has 3 aromatic rings. The standard InChI is InChI=1S/C24H27Cl2N5O3/c1-31(23(32)29-14-18-8-4-10-20(25)22(18)26)19(9-5-11-27)15-34-24(33)30-21-12-16-6-2-3-7-17(16)13-28-21/h2-4,6-8,10,12-13,19H,5,9,11,14-15,27H2,1H3,(H,29,32)(H,28,30,33)/t19-/m0/s1. The minimum absolute atomic E-state index is 0.00125. The SMILES string of the molecule is CN(C(=O)NCc1cccc(Cl)c1Cl)[C@@H](CCCN)COC(=O)Nc1cc2ccccc2cn1. The number of aromatic nitrogens is 1. The summed E-state index contributed by atoms with van der Waals surface area (Å²) in [6.07, 6.45) is 2.26. The van der Waals surface area contributed by atoms with Gasteiger partial charge >= 0.3 is 12.1 Å². The van der Waals surface area contributed by atoms with Crippen molar-refractivity contribution in [2.75, 3.05) is 25.5 Å². The summed E-state index contributed by atoms with van der Waals surface area (Å²) in [5, 5.41) is 8.18. The van der Waals surface area contributed by atoms with E-state index in [-0.39, 0.29) is 25.2 Å². The number of carbonyl (C=O) groups is 2. The molecule has 0 aliphatic carbocycles. The van der Waals surface area contributed by atoms with Gasteiger partial charge in [0.1, 0.15) is 12.4 Å². The number of urea groups is 1. The second-order valence-corrected chi connectivity index (χ2v) is 8.49. The van der Waals surface area contributed by atoms with Gasteiger partial charge < -0.3 is 20.7 Å². The van der Waals surface area contributed by atoms with Crippen molar-refractivity contribution in [2.45, 2.75) is 25.4 Å². The molecule has 1 heterocycles. The molecule has 8 nitrogen and oxygen atoms in total. The Hall–Kier alpha value is -3.07. The first-order valence-corrected chi connectivity index (χ1v) is 11.6. The fraction of sp³-hybridized carbons (Fsp3) is 0.292. The Morgan fingerprint density at radius 2 is 1.91 bits per heavy atom. The highest BCUT2D eigenvalue weighted by Gasteiger charge is 2.22. The van der Waals surface area contributed by atoms with Crippen LogP contribution in [-0.4, -0.2) is 48.2 Å². The number of hydrogen-bond acceptors (Lipinski definition) is 5. The van der Waals surface area contributed by atoms with Crippen molar-refractivity contribution in [2.24, 2.45) is 5.73 Å². The van der Waals surface area contributed by atoms with Crippen molar-refractivity contribution in [1.82, 2.24) is 15.2 Å². The lowest BCUT2D eigenvalue weighted by Crippen LogP contribution is -2.46. The largest absolute Gasteiger partial charge is 0.447 e. The van der Waals surface area contributed by atoms with Crippen molar-refractivity contribution in [1.29, 1.82) is 0 Å². The van der Waals surface area contributed by atoms with Crippen LogP contribution in [0.3, 0.4) is 0 Å². The Morgan fingerprint density at radius 3 is 2.68 bits per heavy atom. The molecule has 0 unspecified atom stereocenters. The molecule has 3 amide bonds. The van der Waals surface area contributed by atoms with Gasteiger partial charge in [0.2, 0.25) is 0 Å². The van der Waals surface area contributed by atoms with Gasteiger partial charge in [0.25, 0.3) is 0 Å². The summed E-state index contributed by atoms with van der Waals surface area (Å²) in [7, 11) is 1.64. The minimum atomic E-state index is -0.653. The number of anilines is 1. The van der Waals surface area contributed by atoms with Gasteiger partial charge in [-0.2, -0.15) is 0 Å². The molecule has 2 aromatic carbocycles. The molecular weight excluding hydrogens is 477 g/mol. The van der Waals surface area contributed by atoms with Gasteiger partial charge in [0.15, 0.2) is 0 Å². The van der Waals surface area contributed by atoms with E-state index in [1.54, 1.807) is 37.5 Å². The second kappa shape index (κ2) is 12.4. The summed E-state index contributed by atoms with van der Waals surface area (Å²) in [5.74, 6) is 0.381. The molecule has 1 atom stereocenters. The molecular formula is C24H27Cl2N5O3. The number of fused-ring (bicyclic) bond motifs is 1. The maximum Gasteiger partial charge on any atom is 0.412 e. The smallest absolute Gasteiger partial charge is 0.412 e. The predicted octanol–water partition coefficient (Wildman–Crippen LogP) is 5.04. The van der Waals surface area contributed by atoms with E-state index in [1.807, 2.05) is 24.3 Å². The Bertz CT molecular complexity index is 1140. The Balaban J connectivity index is 1.56. The summed E-state index contributed by atoms with van der Waals surface area (Å²) in [4.78, 5) is 30.8. The van der Waals surface area contributed by atoms with Gasteiger partial charge in [-0.25, -0.2) is 14.6 Å². The zero-order valence-corrected chi connectivity index (χ0v) is 20.3. The van der Waals surface area contributed by atoms with E-state index in [4.69, 9.17) is 33.7 Å². The molecule has 0 saturated heterocycles. The van der Waals surface area contributed by atoms with Crippen molar-refractivity contribution >= 4 is 51.9 Å². The third kappa shape index (κ3) is 6.96. The monoisotopic (exact) mass is 503 g/mol. The molecule has 0 spiro atoms. The van der Waals surface area contributed by atoms with Gasteiger partial charge in [-0.1, -0.05) is 59.6 Å². The van der Waals surface area contributed by atoms with Crippen LogP contribution in [0.4, 0.5) is 15.4 Å². The minimum Gasteiger partial charge on any atom is -0.447 e. The summed E-state index contributed by atoms with van der Waals surface area (Å²) >= 11 is 12.2. The van der Waals surface area contributed by atoms with Crippen molar-refractivity contribution in [3.8, 4) is 0 Å². The number of carbonyl (C=O) groups excluding carboxylic acids is 2. The summed E-state index contributed by atoms with van der Waals surface area (Å²) in [6, 6.07) is 14.0. The van der Waals surface area contributed by atoms with Crippen molar-refractivity contribution < 1.29 is 14.3 Å². The first-order chi connectivity index (χ1) is 16.4. The normalized spacial score (nSPS) is 11.6. The van der Waals surface area contributed by atoms with Crippen LogP contribution in [0, 0.1) is 0 Å². The maximum absolute atomic E-state index is 12.7. The first-order valence-electron chi connectivity index (χ1n) is 10.8. The summed E-state index contributed by atoms with van der Waals surface area (Å²) < 4.78 is 5.40. The van der Waals surface area contributed by atoms with Gasteiger partial charge in [-0.05, 0) is 42.5 Å². The van der Waals surface area contributed by atoms with E-state index >= 15 is 0 Å². The molecule has 34 heavy (non-hydrogen) atoms. The van der Waals surface area contributed by atoms with Gasteiger partial charge in [-0.15, -0.1) is 0 Å². The number of ether oxygens (including phenoxy) is 1. The average molecular weight is 504 g/mol. The Kier molecular flexibility index (Phi) is 9.33. The topological polar surface area (TPSA) is 110 Å². The summed E-state index contributed by atoms with van der Waals surface area (Å²) in [5.41, 5.74) is 6.35. The number of likely N-dealkylation sites (N-methyl/N-ethyl adjacent to an activating group) is 1. The highest BCUT2D eigenvalue weighted by Crippen LogP contribution is 2.25. The number of pyridine rings is 1. The number of benzene rings is 2. The van der Waals surface area contributed by atoms with Crippen LogP contribution < -0.4 is 16.4 Å². The van der Waals surface area contributed by atoms with Crippen LogP contribution in [0.15, 0.2) is 54.7 Å². The van der Waals surface area contributed by atoms with Gasteiger partial charge in [0.05, 0.1) is 16.1 Å². The van der Waals surface area contributed by atoms with E-state index in [0.717, 1.165) is 10.8 Å². The first kappa shape index (κ1) is 25.6. The predicted molar refractivity (Wildman–Crippen MR) is 135 cm³/mol. The van der Waals surface area contributed by atoms with Crippen LogP contribution in [0.25, 0.3) is 10.8 Å². The molecule has 0 bridgehead atoms. The molecule has 0 saturated carbocycles. The summed E-state index contributed by atoms with van der Waals surface area (Å²) in [6.45, 7) is 0.666. The van der Waals surface area contributed by atoms with Gasteiger partial charge in [-0.3, -0.25) is 5.32 Å². The van der Waals surface area contributed by atoms with Crippen molar-refractivity contribution in [3.05, 3.63) is 70.3 Å². The highest BCUT2D eigenvalue weighted by molar-refractivity contribution is 6.42. The number of nitrogens with two attached hydrogens (primary N) is 1. The van der Waals surface area contributed by atoms with E-state index in [1.165, 1.54) is 4.90 Å². The second-order valence-electron chi connectivity index (χ2n) is 7.71. The molecule has 1 aromatic heterocycles. The lowest BCUT2D eigenvalue weighted by atomic mass is 10.1. The van der Waals surface area contributed by atoms with E-state index < -0.39 is 6.09 Å². The van der Waals surface area contributed by atoms with Crippen LogP contribution in [-0.2, 0) is 11.3 Å². The maximum atomic E-state index is 12.7. The molecule has 180 valence electrons. The Labute approximate surface area is 208 Å². The number of hydrogen-bond donors (Lipinski definition) is 3.